The van der Waals surface area contributed by atoms with Crippen molar-refractivity contribution >= 4 is 0 Å². The van der Waals surface area contributed by atoms with Gasteiger partial charge in [-0.2, -0.15) is 5.10 Å². The number of rotatable bonds is 6. The van der Waals surface area contributed by atoms with Gasteiger partial charge in [-0.25, -0.2) is 4.98 Å². The van der Waals surface area contributed by atoms with Crippen LogP contribution in [0.5, 0.6) is 0 Å². The molecule has 2 aliphatic heterocycles. The molecule has 1 aromatic rings. The number of aliphatic hydroxyl groups excluding tert-OH is 1. The Morgan fingerprint density at radius 1 is 1.18 bits per heavy atom. The van der Waals surface area contributed by atoms with Gasteiger partial charge in [0.2, 0.25) is 0 Å². The average Bonchev–Trinajstić information content (AvgIpc) is 3.15. The minimum absolute atomic E-state index is 0.246. The second kappa shape index (κ2) is 7.53. The van der Waals surface area contributed by atoms with E-state index in [1.54, 1.807) is 12.7 Å². The van der Waals surface area contributed by atoms with Crippen LogP contribution in [0, 0.1) is 5.92 Å². The molecular formula is C16H29N5O. The monoisotopic (exact) mass is 307 g/mol. The Morgan fingerprint density at radius 2 is 2.00 bits per heavy atom. The van der Waals surface area contributed by atoms with Gasteiger partial charge in [0.05, 0.1) is 12.6 Å². The Labute approximate surface area is 133 Å². The van der Waals surface area contributed by atoms with Crippen molar-refractivity contribution in [3.8, 4) is 0 Å². The smallest absolute Gasteiger partial charge is 0.137 e. The Balaban J connectivity index is 1.44. The maximum absolute atomic E-state index is 10.5. The molecule has 124 valence electrons. The molecule has 0 aromatic carbocycles. The first-order chi connectivity index (χ1) is 10.7. The van der Waals surface area contributed by atoms with Gasteiger partial charge in [0.15, 0.2) is 0 Å². The van der Waals surface area contributed by atoms with Gasteiger partial charge in [-0.15, -0.1) is 0 Å². The molecule has 22 heavy (non-hydrogen) atoms. The van der Waals surface area contributed by atoms with E-state index in [2.05, 4.69) is 26.8 Å². The van der Waals surface area contributed by atoms with E-state index >= 15 is 0 Å². The lowest BCUT2D eigenvalue weighted by Crippen LogP contribution is -2.45. The first-order valence-corrected chi connectivity index (χ1v) is 8.67. The van der Waals surface area contributed by atoms with Gasteiger partial charge in [0, 0.05) is 19.1 Å². The van der Waals surface area contributed by atoms with E-state index in [-0.39, 0.29) is 6.10 Å². The molecule has 3 rings (SSSR count). The lowest BCUT2D eigenvalue weighted by molar-refractivity contribution is 0.0552. The minimum atomic E-state index is -0.246. The zero-order valence-electron chi connectivity index (χ0n) is 13.6. The number of likely N-dealkylation sites (tertiary alicyclic amines) is 2. The van der Waals surface area contributed by atoms with Crippen LogP contribution in [0.25, 0.3) is 0 Å². The van der Waals surface area contributed by atoms with Crippen molar-refractivity contribution in [3.63, 3.8) is 0 Å². The number of hydrogen-bond donors (Lipinski definition) is 1. The first-order valence-electron chi connectivity index (χ1n) is 8.67. The number of β-amino-alcohol motifs (C(OH)–C–C–N with tert-alkyl or cyclic N) is 1. The summed E-state index contributed by atoms with van der Waals surface area (Å²) in [6, 6.07) is 0.484. The zero-order chi connectivity index (χ0) is 15.4. The van der Waals surface area contributed by atoms with Crippen LogP contribution < -0.4 is 0 Å². The van der Waals surface area contributed by atoms with Crippen molar-refractivity contribution in [1.82, 2.24) is 24.6 Å². The maximum Gasteiger partial charge on any atom is 0.137 e. The molecule has 3 heterocycles. The summed E-state index contributed by atoms with van der Waals surface area (Å²) in [6.45, 7) is 8.18. The van der Waals surface area contributed by atoms with Gasteiger partial charge < -0.3 is 10.0 Å². The summed E-state index contributed by atoms with van der Waals surface area (Å²) in [4.78, 5) is 8.86. The largest absolute Gasteiger partial charge is 0.390 e. The number of hydrogen-bond acceptors (Lipinski definition) is 5. The van der Waals surface area contributed by atoms with Crippen LogP contribution in [0.15, 0.2) is 12.7 Å². The van der Waals surface area contributed by atoms with Gasteiger partial charge in [-0.3, -0.25) is 9.58 Å². The lowest BCUT2D eigenvalue weighted by atomic mass is 9.99. The fourth-order valence-corrected chi connectivity index (χ4v) is 3.76. The molecule has 0 spiro atoms. The molecule has 0 radical (unpaired) electrons. The molecule has 2 atom stereocenters. The summed E-state index contributed by atoms with van der Waals surface area (Å²) < 4.78 is 1.90. The normalized spacial score (nSPS) is 26.5. The Hall–Kier alpha value is -0.980. The topological polar surface area (TPSA) is 57.4 Å². The Kier molecular flexibility index (Phi) is 5.44. The van der Waals surface area contributed by atoms with Crippen LogP contribution in [-0.2, 0) is 6.54 Å². The molecular weight excluding hydrogens is 278 g/mol. The van der Waals surface area contributed by atoms with Crippen LogP contribution in [0.1, 0.15) is 32.6 Å². The van der Waals surface area contributed by atoms with E-state index in [1.807, 2.05) is 4.68 Å². The molecule has 1 aromatic heterocycles. The van der Waals surface area contributed by atoms with Crippen molar-refractivity contribution < 1.29 is 5.11 Å². The Morgan fingerprint density at radius 3 is 2.73 bits per heavy atom. The van der Waals surface area contributed by atoms with Crippen molar-refractivity contribution in [3.05, 3.63) is 12.7 Å². The van der Waals surface area contributed by atoms with Crippen LogP contribution in [0.2, 0.25) is 0 Å². The highest BCUT2D eigenvalue weighted by molar-refractivity contribution is 4.82. The van der Waals surface area contributed by atoms with Crippen molar-refractivity contribution in [2.75, 3.05) is 32.7 Å². The third-order valence-electron chi connectivity index (χ3n) is 5.15. The SMILES string of the molecule is CC1CCN(C[C@H](O)CN2CCC[C@H]2Cn2cncn2)CC1. The van der Waals surface area contributed by atoms with E-state index in [9.17, 15) is 5.11 Å². The standard InChI is InChI=1S/C16H29N5O/c1-14-4-7-19(8-5-14)10-16(22)11-20-6-2-3-15(20)9-21-13-17-12-18-21/h12-16,22H,2-11H2,1H3/t15-,16-/m0/s1. The molecule has 1 N–H and O–H groups in total. The quantitative estimate of drug-likeness (QED) is 0.844. The highest BCUT2D eigenvalue weighted by Crippen LogP contribution is 2.20. The average molecular weight is 307 g/mol. The molecule has 2 aliphatic rings. The maximum atomic E-state index is 10.5. The molecule has 0 unspecified atom stereocenters. The fraction of sp³-hybridized carbons (Fsp3) is 0.875. The lowest BCUT2D eigenvalue weighted by Gasteiger charge is -2.33. The van der Waals surface area contributed by atoms with Gasteiger partial charge in [-0.1, -0.05) is 6.92 Å². The molecule has 2 saturated heterocycles. The second-order valence-electron chi connectivity index (χ2n) is 7.05. The zero-order valence-corrected chi connectivity index (χ0v) is 13.6. The second-order valence-corrected chi connectivity index (χ2v) is 7.05. The van der Waals surface area contributed by atoms with Crippen molar-refractivity contribution in [1.29, 1.82) is 0 Å². The fourth-order valence-electron chi connectivity index (χ4n) is 3.76. The van der Waals surface area contributed by atoms with Gasteiger partial charge >= 0.3 is 0 Å². The summed E-state index contributed by atoms with van der Waals surface area (Å²) in [7, 11) is 0. The number of piperidine rings is 1. The molecule has 0 saturated carbocycles. The van der Waals surface area contributed by atoms with E-state index in [4.69, 9.17) is 0 Å². The highest BCUT2D eigenvalue weighted by Gasteiger charge is 2.27. The van der Waals surface area contributed by atoms with Crippen LogP contribution in [-0.4, -0.2) is 74.5 Å². The number of aliphatic hydroxyl groups is 1. The van der Waals surface area contributed by atoms with Gasteiger partial charge in [-0.05, 0) is 51.2 Å². The van der Waals surface area contributed by atoms with Gasteiger partial charge in [0.25, 0.3) is 0 Å². The third kappa shape index (κ3) is 4.27. The van der Waals surface area contributed by atoms with E-state index in [0.717, 1.165) is 45.2 Å². The van der Waals surface area contributed by atoms with Crippen LogP contribution in [0.4, 0.5) is 0 Å². The molecule has 0 bridgehead atoms. The summed E-state index contributed by atoms with van der Waals surface area (Å²) in [5, 5.41) is 14.7. The van der Waals surface area contributed by atoms with Crippen molar-refractivity contribution in [2.45, 2.75) is 51.3 Å². The van der Waals surface area contributed by atoms with Gasteiger partial charge in [0.1, 0.15) is 12.7 Å². The minimum Gasteiger partial charge on any atom is -0.390 e. The molecule has 6 nitrogen and oxygen atoms in total. The summed E-state index contributed by atoms with van der Waals surface area (Å²) in [5.74, 6) is 0.846. The summed E-state index contributed by atoms with van der Waals surface area (Å²) in [5.41, 5.74) is 0. The van der Waals surface area contributed by atoms with Crippen molar-refractivity contribution in [2.24, 2.45) is 5.92 Å². The first kappa shape index (κ1) is 15.9. The number of nitrogens with zero attached hydrogens (tertiary/aromatic N) is 5. The molecule has 0 amide bonds. The Bertz CT molecular complexity index is 430. The third-order valence-corrected chi connectivity index (χ3v) is 5.15. The summed E-state index contributed by atoms with van der Waals surface area (Å²) >= 11 is 0. The molecule has 2 fully saturated rings. The van der Waals surface area contributed by atoms with Crippen LogP contribution in [0.3, 0.4) is 0 Å². The van der Waals surface area contributed by atoms with Crippen LogP contribution >= 0.6 is 0 Å². The predicted molar refractivity (Wildman–Crippen MR) is 85.5 cm³/mol. The number of aromatic nitrogens is 3. The molecule has 6 heteroatoms. The summed E-state index contributed by atoms with van der Waals surface area (Å²) in [6.07, 6.45) is 8.07. The van der Waals surface area contributed by atoms with E-state index < -0.39 is 0 Å². The van der Waals surface area contributed by atoms with E-state index in [0.29, 0.717) is 6.04 Å². The molecule has 0 aliphatic carbocycles. The predicted octanol–water partition coefficient (Wildman–Crippen LogP) is 0.835. The van der Waals surface area contributed by atoms with E-state index in [1.165, 1.54) is 25.7 Å². The highest BCUT2D eigenvalue weighted by atomic mass is 16.3.